The second-order valence-electron chi connectivity index (χ2n) is 6.87. The molecule has 0 saturated heterocycles. The molecule has 3 aromatic rings. The Bertz CT molecular complexity index is 1050. The lowest BCUT2D eigenvalue weighted by Crippen LogP contribution is -2.32. The third-order valence-electron chi connectivity index (χ3n) is 4.41. The third-order valence-corrected chi connectivity index (χ3v) is 4.64. The third kappa shape index (κ3) is 5.84. The average molecular weight is 423 g/mol. The van der Waals surface area contributed by atoms with Crippen LogP contribution in [-0.2, 0) is 4.79 Å². The van der Waals surface area contributed by atoms with Crippen LogP contribution in [0.1, 0.15) is 29.3 Å². The van der Waals surface area contributed by atoms with E-state index >= 15 is 0 Å². The molecule has 3 rings (SSSR count). The number of benzene rings is 3. The van der Waals surface area contributed by atoms with Crippen molar-refractivity contribution in [1.82, 2.24) is 0 Å². The van der Waals surface area contributed by atoms with Crippen LogP contribution in [-0.4, -0.2) is 17.9 Å². The Balaban J connectivity index is 1.67. The van der Waals surface area contributed by atoms with Gasteiger partial charge in [-0.1, -0.05) is 42.8 Å². The number of anilines is 2. The Morgan fingerprint density at radius 3 is 2.33 bits per heavy atom. The highest BCUT2D eigenvalue weighted by Crippen LogP contribution is 2.19. The van der Waals surface area contributed by atoms with Crippen LogP contribution in [0.15, 0.2) is 72.8 Å². The van der Waals surface area contributed by atoms with Crippen molar-refractivity contribution >= 4 is 34.8 Å². The van der Waals surface area contributed by atoms with Gasteiger partial charge < -0.3 is 15.4 Å². The molecule has 30 heavy (non-hydrogen) atoms. The fourth-order valence-electron chi connectivity index (χ4n) is 2.91. The molecule has 2 N–H and O–H groups in total. The first-order chi connectivity index (χ1) is 14.4. The van der Waals surface area contributed by atoms with E-state index in [1.165, 1.54) is 0 Å². The van der Waals surface area contributed by atoms with Crippen LogP contribution >= 0.6 is 11.6 Å². The number of rotatable bonds is 7. The number of carbonyl (C=O) groups excluding carboxylic acids is 2. The van der Waals surface area contributed by atoms with Gasteiger partial charge in [0.1, 0.15) is 5.75 Å². The van der Waals surface area contributed by atoms with Crippen molar-refractivity contribution in [3.8, 4) is 5.75 Å². The largest absolute Gasteiger partial charge is 0.481 e. The Labute approximate surface area is 181 Å². The number of aryl methyl sites for hydroxylation is 1. The summed E-state index contributed by atoms with van der Waals surface area (Å²) in [6.07, 6.45) is -0.134. The zero-order chi connectivity index (χ0) is 21.5. The van der Waals surface area contributed by atoms with Gasteiger partial charge in [0.05, 0.1) is 0 Å². The van der Waals surface area contributed by atoms with Crippen molar-refractivity contribution in [3.05, 3.63) is 88.9 Å². The first kappa shape index (κ1) is 21.4. The van der Waals surface area contributed by atoms with Crippen molar-refractivity contribution in [2.45, 2.75) is 26.4 Å². The van der Waals surface area contributed by atoms with E-state index in [1.807, 2.05) is 38.1 Å². The van der Waals surface area contributed by atoms with E-state index in [-0.39, 0.29) is 11.8 Å². The molecule has 154 valence electrons. The van der Waals surface area contributed by atoms with Crippen molar-refractivity contribution in [2.24, 2.45) is 0 Å². The average Bonchev–Trinajstić information content (AvgIpc) is 2.72. The molecular weight excluding hydrogens is 400 g/mol. The molecule has 0 saturated carbocycles. The van der Waals surface area contributed by atoms with E-state index in [2.05, 4.69) is 10.6 Å². The molecule has 3 aromatic carbocycles. The smallest absolute Gasteiger partial charge is 0.265 e. The van der Waals surface area contributed by atoms with E-state index in [4.69, 9.17) is 16.3 Å². The minimum absolute atomic E-state index is 0.272. The summed E-state index contributed by atoms with van der Waals surface area (Å²) in [7, 11) is 0. The number of amides is 2. The van der Waals surface area contributed by atoms with E-state index in [9.17, 15) is 9.59 Å². The zero-order valence-electron chi connectivity index (χ0n) is 16.8. The Hall–Kier alpha value is -3.31. The molecule has 0 radical (unpaired) electrons. The summed E-state index contributed by atoms with van der Waals surface area (Å²) in [6, 6.07) is 21.2. The summed E-state index contributed by atoms with van der Waals surface area (Å²) >= 11 is 5.96. The van der Waals surface area contributed by atoms with Gasteiger partial charge in [-0.2, -0.15) is 0 Å². The van der Waals surface area contributed by atoms with Crippen LogP contribution in [0.2, 0.25) is 5.02 Å². The van der Waals surface area contributed by atoms with Crippen LogP contribution < -0.4 is 15.4 Å². The quantitative estimate of drug-likeness (QED) is 0.513. The number of ether oxygens (including phenoxy) is 1. The summed E-state index contributed by atoms with van der Waals surface area (Å²) in [5.74, 6) is 0.0782. The van der Waals surface area contributed by atoms with Gasteiger partial charge in [-0.3, -0.25) is 9.59 Å². The molecule has 6 heteroatoms. The number of carbonyl (C=O) groups is 2. The van der Waals surface area contributed by atoms with Crippen LogP contribution in [0.3, 0.4) is 0 Å². The maximum atomic E-state index is 12.7. The van der Waals surface area contributed by atoms with Gasteiger partial charge in [0.15, 0.2) is 6.10 Å². The summed E-state index contributed by atoms with van der Waals surface area (Å²) in [6.45, 7) is 3.85. The first-order valence-electron chi connectivity index (χ1n) is 9.66. The fourth-order valence-corrected chi connectivity index (χ4v) is 3.10. The van der Waals surface area contributed by atoms with Crippen molar-refractivity contribution < 1.29 is 14.3 Å². The summed E-state index contributed by atoms with van der Waals surface area (Å²) in [5.41, 5.74) is 2.59. The van der Waals surface area contributed by atoms with Gasteiger partial charge in [-0.15, -0.1) is 0 Å². The summed E-state index contributed by atoms with van der Waals surface area (Å²) in [4.78, 5) is 25.2. The topological polar surface area (TPSA) is 67.4 Å². The van der Waals surface area contributed by atoms with Gasteiger partial charge in [0.2, 0.25) is 0 Å². The van der Waals surface area contributed by atoms with Crippen molar-refractivity contribution in [2.75, 3.05) is 10.6 Å². The molecule has 1 atom stereocenters. The van der Waals surface area contributed by atoms with Crippen molar-refractivity contribution in [1.29, 1.82) is 0 Å². The lowest BCUT2D eigenvalue weighted by molar-refractivity contribution is -0.122. The first-order valence-corrected chi connectivity index (χ1v) is 10.0. The molecule has 0 aliphatic carbocycles. The second kappa shape index (κ2) is 9.94. The molecular formula is C24H23ClN2O3. The maximum absolute atomic E-state index is 12.7. The lowest BCUT2D eigenvalue weighted by Gasteiger charge is -2.18. The van der Waals surface area contributed by atoms with Crippen LogP contribution in [0.25, 0.3) is 0 Å². The molecule has 0 spiro atoms. The predicted octanol–water partition coefficient (Wildman–Crippen LogP) is 5.70. The number of hydrogen-bond acceptors (Lipinski definition) is 3. The van der Waals surface area contributed by atoms with E-state index in [1.54, 1.807) is 48.5 Å². The number of nitrogens with one attached hydrogen (secondary N) is 2. The molecule has 5 nitrogen and oxygen atoms in total. The maximum Gasteiger partial charge on any atom is 0.265 e. The zero-order valence-corrected chi connectivity index (χ0v) is 17.6. The molecule has 0 fully saturated rings. The number of hydrogen-bond donors (Lipinski definition) is 2. The van der Waals surface area contributed by atoms with Crippen LogP contribution in [0, 0.1) is 6.92 Å². The molecule has 0 bridgehead atoms. The standard InChI is InChI=1S/C24H23ClN2O3/c1-3-22(30-21-12-4-7-16(2)13-21)24(29)27-19-10-5-8-17(14-19)23(28)26-20-11-6-9-18(25)15-20/h4-15,22H,3H2,1-2H3,(H,26,28)(H,27,29). The lowest BCUT2D eigenvalue weighted by atomic mass is 10.1. The molecule has 2 amide bonds. The molecule has 1 unspecified atom stereocenters. The van der Waals surface area contributed by atoms with Gasteiger partial charge >= 0.3 is 0 Å². The van der Waals surface area contributed by atoms with Gasteiger partial charge in [-0.25, -0.2) is 0 Å². The van der Waals surface area contributed by atoms with E-state index in [0.29, 0.717) is 34.1 Å². The highest BCUT2D eigenvalue weighted by Gasteiger charge is 2.19. The molecule has 0 aliphatic heterocycles. The Morgan fingerprint density at radius 1 is 0.933 bits per heavy atom. The van der Waals surface area contributed by atoms with Gasteiger partial charge in [-0.05, 0) is 67.4 Å². The van der Waals surface area contributed by atoms with Gasteiger partial charge in [0, 0.05) is 22.0 Å². The van der Waals surface area contributed by atoms with Crippen LogP contribution in [0.5, 0.6) is 5.75 Å². The van der Waals surface area contributed by atoms with Gasteiger partial charge in [0.25, 0.3) is 11.8 Å². The Kier molecular flexibility index (Phi) is 7.09. The molecule has 0 aromatic heterocycles. The molecule has 0 heterocycles. The monoisotopic (exact) mass is 422 g/mol. The van der Waals surface area contributed by atoms with Crippen LogP contribution in [0.4, 0.5) is 11.4 Å². The summed E-state index contributed by atoms with van der Waals surface area (Å²) < 4.78 is 5.84. The Morgan fingerprint density at radius 2 is 1.63 bits per heavy atom. The van der Waals surface area contributed by atoms with E-state index in [0.717, 1.165) is 5.56 Å². The SMILES string of the molecule is CCC(Oc1cccc(C)c1)C(=O)Nc1cccc(C(=O)Nc2cccc(Cl)c2)c1. The second-order valence-corrected chi connectivity index (χ2v) is 7.30. The van der Waals surface area contributed by atoms with E-state index < -0.39 is 6.10 Å². The normalized spacial score (nSPS) is 11.4. The van der Waals surface area contributed by atoms with Crippen molar-refractivity contribution in [3.63, 3.8) is 0 Å². The highest BCUT2D eigenvalue weighted by atomic mass is 35.5. The highest BCUT2D eigenvalue weighted by molar-refractivity contribution is 6.31. The summed E-state index contributed by atoms with van der Waals surface area (Å²) in [5, 5.41) is 6.16. The number of halogens is 1. The fraction of sp³-hybridized carbons (Fsp3) is 0.167. The minimum atomic E-state index is -0.643. The predicted molar refractivity (Wildman–Crippen MR) is 120 cm³/mol. The minimum Gasteiger partial charge on any atom is -0.481 e. The molecule has 0 aliphatic rings.